The van der Waals surface area contributed by atoms with Crippen LogP contribution >= 0.6 is 11.8 Å². The van der Waals surface area contributed by atoms with E-state index in [1.165, 1.54) is 18.7 Å². The molecule has 0 radical (unpaired) electrons. The number of amides is 3. The number of carbonyl (C=O) groups is 4. The summed E-state index contributed by atoms with van der Waals surface area (Å²) in [5, 5.41) is 25.6. The molecule has 0 saturated carbocycles. The molecule has 0 fully saturated rings. The smallest absolute Gasteiger partial charge is 0.328 e. The highest BCUT2D eigenvalue weighted by Gasteiger charge is 2.29. The SMILES string of the molecule is CSCCC(NC(=O)CNC(=O)C(N)C(C)C)C(=O)NC(C(=O)O)C(C)O. The Bertz CT molecular complexity index is 529. The minimum atomic E-state index is -1.49. The number of carbonyl (C=O) groups excluding carboxylic acids is 3. The summed E-state index contributed by atoms with van der Waals surface area (Å²) in [4.78, 5) is 47.3. The van der Waals surface area contributed by atoms with Crippen molar-refractivity contribution >= 4 is 35.5 Å². The standard InChI is InChI=1S/C16H30N4O6S/c1-8(2)12(17)15(24)18-7-11(22)19-10(5-6-27-4)14(23)20-13(9(3)21)16(25)26/h8-10,12-13,21H,5-7,17H2,1-4H3,(H,18,24)(H,19,22)(H,20,23)(H,25,26). The van der Waals surface area contributed by atoms with Gasteiger partial charge >= 0.3 is 5.97 Å². The van der Waals surface area contributed by atoms with E-state index in [1.54, 1.807) is 13.8 Å². The summed E-state index contributed by atoms with van der Waals surface area (Å²) in [5.41, 5.74) is 5.68. The van der Waals surface area contributed by atoms with Crippen molar-refractivity contribution in [3.63, 3.8) is 0 Å². The number of carboxylic acids is 1. The highest BCUT2D eigenvalue weighted by Crippen LogP contribution is 2.03. The zero-order valence-electron chi connectivity index (χ0n) is 16.0. The van der Waals surface area contributed by atoms with Gasteiger partial charge < -0.3 is 31.9 Å². The van der Waals surface area contributed by atoms with Gasteiger partial charge in [-0.05, 0) is 31.3 Å². The van der Waals surface area contributed by atoms with Gasteiger partial charge in [0.05, 0.1) is 18.7 Å². The first-order chi connectivity index (χ1) is 12.5. The second-order valence-electron chi connectivity index (χ2n) is 6.45. The van der Waals surface area contributed by atoms with Crippen LogP contribution in [0, 0.1) is 5.92 Å². The van der Waals surface area contributed by atoms with Crippen LogP contribution in [-0.2, 0) is 19.2 Å². The molecule has 0 heterocycles. The summed E-state index contributed by atoms with van der Waals surface area (Å²) < 4.78 is 0. The summed E-state index contributed by atoms with van der Waals surface area (Å²) in [7, 11) is 0. The van der Waals surface area contributed by atoms with Gasteiger partial charge in [0.2, 0.25) is 17.7 Å². The molecule has 10 nitrogen and oxygen atoms in total. The Hall–Kier alpha value is -1.85. The molecule has 0 aromatic rings. The van der Waals surface area contributed by atoms with Gasteiger partial charge in [-0.3, -0.25) is 14.4 Å². The maximum atomic E-state index is 12.3. The summed E-state index contributed by atoms with van der Waals surface area (Å²) >= 11 is 1.45. The Balaban J connectivity index is 4.84. The molecule has 0 rings (SSSR count). The predicted octanol–water partition coefficient (Wildman–Crippen LogP) is -1.73. The number of carboxylic acid groups (broad SMARTS) is 1. The Morgan fingerprint density at radius 1 is 1.07 bits per heavy atom. The Morgan fingerprint density at radius 3 is 2.11 bits per heavy atom. The van der Waals surface area contributed by atoms with E-state index >= 15 is 0 Å². The molecule has 7 N–H and O–H groups in total. The van der Waals surface area contributed by atoms with Crippen LogP contribution in [0.4, 0.5) is 0 Å². The third kappa shape index (κ3) is 9.59. The summed E-state index contributed by atoms with van der Waals surface area (Å²) in [5.74, 6) is -2.76. The van der Waals surface area contributed by atoms with Gasteiger partial charge in [0.1, 0.15) is 6.04 Å². The molecule has 3 amide bonds. The number of aliphatic hydroxyl groups is 1. The van der Waals surface area contributed by atoms with Crippen LogP contribution in [0.15, 0.2) is 0 Å². The maximum Gasteiger partial charge on any atom is 0.328 e. The molecule has 0 aliphatic heterocycles. The van der Waals surface area contributed by atoms with Crippen LogP contribution in [0.25, 0.3) is 0 Å². The second kappa shape index (κ2) is 12.5. The van der Waals surface area contributed by atoms with Crippen LogP contribution < -0.4 is 21.7 Å². The van der Waals surface area contributed by atoms with E-state index in [-0.39, 0.29) is 18.9 Å². The molecule has 0 spiro atoms. The highest BCUT2D eigenvalue weighted by atomic mass is 32.2. The molecular weight excluding hydrogens is 376 g/mol. The van der Waals surface area contributed by atoms with Crippen LogP contribution in [0.1, 0.15) is 27.2 Å². The summed E-state index contributed by atoms with van der Waals surface area (Å²) in [6.07, 6.45) is 0.769. The summed E-state index contributed by atoms with van der Waals surface area (Å²) in [6, 6.07) is -3.24. The Morgan fingerprint density at radius 2 is 1.67 bits per heavy atom. The number of nitrogens with one attached hydrogen (secondary N) is 3. The molecule has 4 unspecified atom stereocenters. The molecule has 0 aliphatic carbocycles. The average Bonchev–Trinajstić information content (AvgIpc) is 2.59. The van der Waals surface area contributed by atoms with Crippen LogP contribution in [0.3, 0.4) is 0 Å². The monoisotopic (exact) mass is 406 g/mol. The fraction of sp³-hybridized carbons (Fsp3) is 0.750. The topological polar surface area (TPSA) is 171 Å². The molecule has 0 bridgehead atoms. The lowest BCUT2D eigenvalue weighted by atomic mass is 10.1. The van der Waals surface area contributed by atoms with Gasteiger partial charge in [0.25, 0.3) is 0 Å². The first kappa shape index (κ1) is 25.1. The molecule has 0 aromatic carbocycles. The molecule has 156 valence electrons. The van der Waals surface area contributed by atoms with Crippen molar-refractivity contribution in [3.05, 3.63) is 0 Å². The van der Waals surface area contributed by atoms with E-state index in [4.69, 9.17) is 10.8 Å². The van der Waals surface area contributed by atoms with Crippen molar-refractivity contribution in [2.75, 3.05) is 18.6 Å². The van der Waals surface area contributed by atoms with Crippen molar-refractivity contribution in [3.8, 4) is 0 Å². The van der Waals surface area contributed by atoms with Crippen LogP contribution in [0.2, 0.25) is 0 Å². The number of thioether (sulfide) groups is 1. The normalized spacial score (nSPS) is 15.4. The highest BCUT2D eigenvalue weighted by molar-refractivity contribution is 7.98. The van der Waals surface area contributed by atoms with Crippen molar-refractivity contribution < 1.29 is 29.4 Å². The molecular formula is C16H30N4O6S. The van der Waals surface area contributed by atoms with E-state index < -0.39 is 47.9 Å². The first-order valence-corrected chi connectivity index (χ1v) is 9.93. The zero-order valence-corrected chi connectivity index (χ0v) is 16.8. The molecule has 0 saturated heterocycles. The predicted molar refractivity (Wildman–Crippen MR) is 102 cm³/mol. The first-order valence-electron chi connectivity index (χ1n) is 8.54. The minimum absolute atomic E-state index is 0.0958. The minimum Gasteiger partial charge on any atom is -0.480 e. The molecule has 4 atom stereocenters. The van der Waals surface area contributed by atoms with E-state index in [1.807, 2.05) is 6.26 Å². The van der Waals surface area contributed by atoms with E-state index in [0.29, 0.717) is 5.75 Å². The molecule has 0 aliphatic rings. The maximum absolute atomic E-state index is 12.3. The lowest BCUT2D eigenvalue weighted by Crippen LogP contribution is -2.56. The van der Waals surface area contributed by atoms with E-state index in [0.717, 1.165) is 0 Å². The van der Waals surface area contributed by atoms with Crippen molar-refractivity contribution in [1.82, 2.24) is 16.0 Å². The Labute approximate surface area is 163 Å². The third-order valence-electron chi connectivity index (χ3n) is 3.75. The molecule has 27 heavy (non-hydrogen) atoms. The molecule has 0 aromatic heterocycles. The van der Waals surface area contributed by atoms with Gasteiger partial charge in [-0.2, -0.15) is 11.8 Å². The van der Waals surface area contributed by atoms with Gasteiger partial charge in [-0.15, -0.1) is 0 Å². The van der Waals surface area contributed by atoms with Crippen molar-refractivity contribution in [2.24, 2.45) is 11.7 Å². The zero-order chi connectivity index (χ0) is 21.1. The van der Waals surface area contributed by atoms with E-state index in [2.05, 4.69) is 16.0 Å². The average molecular weight is 407 g/mol. The number of rotatable bonds is 12. The Kier molecular flexibility index (Phi) is 11.7. The van der Waals surface area contributed by atoms with Crippen LogP contribution in [-0.4, -0.2) is 76.7 Å². The van der Waals surface area contributed by atoms with Crippen molar-refractivity contribution in [1.29, 1.82) is 0 Å². The quantitative estimate of drug-likeness (QED) is 0.222. The van der Waals surface area contributed by atoms with Gasteiger partial charge in [-0.1, -0.05) is 13.8 Å². The van der Waals surface area contributed by atoms with Gasteiger partial charge in [-0.25, -0.2) is 4.79 Å². The number of hydrogen-bond acceptors (Lipinski definition) is 7. The second-order valence-corrected chi connectivity index (χ2v) is 7.44. The van der Waals surface area contributed by atoms with Gasteiger partial charge in [0.15, 0.2) is 6.04 Å². The number of aliphatic hydroxyl groups excluding tert-OH is 1. The number of hydrogen-bond donors (Lipinski definition) is 6. The lowest BCUT2D eigenvalue weighted by Gasteiger charge is -2.23. The number of nitrogens with two attached hydrogens (primary N) is 1. The van der Waals surface area contributed by atoms with Crippen LogP contribution in [0.5, 0.6) is 0 Å². The van der Waals surface area contributed by atoms with Gasteiger partial charge in [0, 0.05) is 0 Å². The summed E-state index contributed by atoms with van der Waals surface area (Å²) in [6.45, 7) is 4.42. The largest absolute Gasteiger partial charge is 0.480 e. The van der Waals surface area contributed by atoms with E-state index in [9.17, 15) is 24.3 Å². The lowest BCUT2D eigenvalue weighted by molar-refractivity contribution is -0.145. The van der Waals surface area contributed by atoms with Crippen molar-refractivity contribution in [2.45, 2.75) is 51.4 Å². The number of aliphatic carboxylic acids is 1. The third-order valence-corrected chi connectivity index (χ3v) is 4.40. The fourth-order valence-corrected chi connectivity index (χ4v) is 2.45. The molecule has 11 heteroatoms. The fourth-order valence-electron chi connectivity index (χ4n) is 1.98.